The van der Waals surface area contributed by atoms with E-state index < -0.39 is 60.3 Å². The van der Waals surface area contributed by atoms with Crippen molar-refractivity contribution in [2.45, 2.75) is 50.0 Å². The van der Waals surface area contributed by atoms with Gasteiger partial charge in [-0.2, -0.15) is 0 Å². The van der Waals surface area contributed by atoms with Gasteiger partial charge in [-0.3, -0.25) is 24.0 Å². The summed E-state index contributed by atoms with van der Waals surface area (Å²) in [5.41, 5.74) is 9.32. The third-order valence-corrected chi connectivity index (χ3v) is 9.25. The average Bonchev–Trinajstić information content (AvgIpc) is 3.73. The maximum absolute atomic E-state index is 14.3. The highest BCUT2D eigenvalue weighted by molar-refractivity contribution is 5.98. The number of aromatic amines is 1. The molecule has 0 unspecified atom stereocenters. The Morgan fingerprint density at radius 1 is 0.840 bits per heavy atom. The third-order valence-electron chi connectivity index (χ3n) is 9.25. The lowest BCUT2D eigenvalue weighted by Crippen LogP contribution is -2.57. The molecular weight excluding hydrogens is 638 g/mol. The number of H-pyrrole nitrogens is 1. The molecule has 0 radical (unpaired) electrons. The number of amides is 5. The number of nitrogens with zero attached hydrogens (tertiary/aromatic N) is 2. The van der Waals surface area contributed by atoms with Crippen molar-refractivity contribution in [2.24, 2.45) is 5.73 Å². The fourth-order valence-electron chi connectivity index (χ4n) is 6.62. The van der Waals surface area contributed by atoms with Gasteiger partial charge in [0.15, 0.2) is 0 Å². The van der Waals surface area contributed by atoms with Crippen LogP contribution in [0.3, 0.4) is 0 Å². The van der Waals surface area contributed by atoms with E-state index in [1.807, 2.05) is 54.6 Å². The van der Waals surface area contributed by atoms with E-state index in [1.54, 1.807) is 30.5 Å². The number of carbonyl (C=O) groups excluding carboxylic acids is 5. The van der Waals surface area contributed by atoms with E-state index in [2.05, 4.69) is 20.9 Å². The Kier molecular flexibility index (Phi) is 10.5. The number of fused-ring (bicyclic) bond motifs is 2. The maximum atomic E-state index is 14.3. The summed E-state index contributed by atoms with van der Waals surface area (Å²) in [4.78, 5) is 75.0. The minimum Gasteiger partial charge on any atom is -0.391 e. The first-order valence-electron chi connectivity index (χ1n) is 16.7. The molecule has 13 heteroatoms. The van der Waals surface area contributed by atoms with Crippen LogP contribution in [0.2, 0.25) is 0 Å². The number of hydrogen-bond acceptors (Lipinski definition) is 7. The number of benzene rings is 3. The Bertz CT molecular complexity index is 1860. The summed E-state index contributed by atoms with van der Waals surface area (Å²) in [6.45, 7) is -0.262. The minimum atomic E-state index is -1.13. The van der Waals surface area contributed by atoms with Crippen LogP contribution >= 0.6 is 0 Å². The number of carbonyl (C=O) groups is 5. The van der Waals surface area contributed by atoms with Crippen LogP contribution in [0.25, 0.3) is 10.9 Å². The van der Waals surface area contributed by atoms with E-state index in [-0.39, 0.29) is 38.9 Å². The predicted molar refractivity (Wildman–Crippen MR) is 185 cm³/mol. The highest BCUT2D eigenvalue weighted by Gasteiger charge is 2.43. The maximum Gasteiger partial charge on any atom is 0.254 e. The van der Waals surface area contributed by atoms with Gasteiger partial charge in [0.2, 0.25) is 23.6 Å². The number of nitrogens with two attached hydrogens (primary N) is 1. The Morgan fingerprint density at radius 3 is 2.34 bits per heavy atom. The molecule has 4 aromatic rings. The first-order chi connectivity index (χ1) is 24.2. The fourth-order valence-corrected chi connectivity index (χ4v) is 6.62. The summed E-state index contributed by atoms with van der Waals surface area (Å²) in [6.07, 6.45) is 1.01. The van der Waals surface area contributed by atoms with Crippen molar-refractivity contribution >= 4 is 40.4 Å². The minimum absolute atomic E-state index is 0.00807. The second-order valence-corrected chi connectivity index (χ2v) is 12.7. The van der Waals surface area contributed by atoms with Gasteiger partial charge in [0.1, 0.15) is 18.1 Å². The van der Waals surface area contributed by atoms with E-state index >= 15 is 0 Å². The Balaban J connectivity index is 1.34. The molecule has 2 aliphatic heterocycles. The lowest BCUT2D eigenvalue weighted by molar-refractivity contribution is -0.142. The molecule has 0 saturated carbocycles. The Hall–Kier alpha value is -5.53. The number of aliphatic hydroxyl groups excluding tert-OH is 1. The molecule has 2 saturated heterocycles. The van der Waals surface area contributed by atoms with Crippen LogP contribution in [-0.4, -0.2) is 99.8 Å². The molecule has 0 aliphatic carbocycles. The highest BCUT2D eigenvalue weighted by atomic mass is 16.3. The van der Waals surface area contributed by atoms with Crippen molar-refractivity contribution in [3.63, 3.8) is 0 Å². The van der Waals surface area contributed by atoms with Crippen LogP contribution in [0.1, 0.15) is 33.5 Å². The molecule has 1 aromatic heterocycles. The molecule has 2 aliphatic rings. The Labute approximate surface area is 289 Å². The van der Waals surface area contributed by atoms with Gasteiger partial charge in [0.05, 0.1) is 12.6 Å². The van der Waals surface area contributed by atoms with Crippen LogP contribution in [0.5, 0.6) is 0 Å². The molecule has 3 aromatic carbocycles. The summed E-state index contributed by atoms with van der Waals surface area (Å²) in [5, 5.41) is 20.0. The fraction of sp³-hybridized carbons (Fsp3) is 0.324. The predicted octanol–water partition coefficient (Wildman–Crippen LogP) is 0.615. The molecule has 50 heavy (non-hydrogen) atoms. The van der Waals surface area contributed by atoms with Crippen molar-refractivity contribution in [2.75, 3.05) is 26.2 Å². The number of rotatable bonds is 6. The van der Waals surface area contributed by atoms with E-state index in [4.69, 9.17) is 5.73 Å². The number of aliphatic hydroxyl groups is 1. The van der Waals surface area contributed by atoms with Gasteiger partial charge in [-0.15, -0.1) is 0 Å². The van der Waals surface area contributed by atoms with Crippen molar-refractivity contribution in [3.05, 3.63) is 107 Å². The molecular formula is C37H41N7O6. The number of nitrogens with one attached hydrogen (secondary N) is 4. The van der Waals surface area contributed by atoms with Gasteiger partial charge < -0.3 is 41.6 Å². The topological polar surface area (TPSA) is 190 Å². The average molecular weight is 680 g/mol. The summed E-state index contributed by atoms with van der Waals surface area (Å²) in [6, 6.07) is 20.2. The zero-order valence-corrected chi connectivity index (χ0v) is 27.5. The van der Waals surface area contributed by atoms with E-state index in [0.29, 0.717) is 12.1 Å². The van der Waals surface area contributed by atoms with Crippen LogP contribution < -0.4 is 21.7 Å². The zero-order valence-electron chi connectivity index (χ0n) is 27.5. The lowest BCUT2D eigenvalue weighted by Gasteiger charge is -2.30. The zero-order chi connectivity index (χ0) is 35.2. The van der Waals surface area contributed by atoms with E-state index in [9.17, 15) is 29.1 Å². The van der Waals surface area contributed by atoms with Crippen LogP contribution in [-0.2, 0) is 38.6 Å². The van der Waals surface area contributed by atoms with E-state index in [0.717, 1.165) is 27.6 Å². The molecule has 5 amide bonds. The summed E-state index contributed by atoms with van der Waals surface area (Å²) < 4.78 is 0. The normalized spacial score (nSPS) is 22.3. The van der Waals surface area contributed by atoms with Gasteiger partial charge in [0.25, 0.3) is 5.91 Å². The second-order valence-electron chi connectivity index (χ2n) is 12.7. The van der Waals surface area contributed by atoms with Gasteiger partial charge >= 0.3 is 0 Å². The molecule has 0 spiro atoms. The summed E-state index contributed by atoms with van der Waals surface area (Å²) >= 11 is 0. The molecule has 13 nitrogen and oxygen atoms in total. The van der Waals surface area contributed by atoms with Crippen molar-refractivity contribution in [1.82, 2.24) is 30.7 Å². The van der Waals surface area contributed by atoms with Crippen LogP contribution in [0, 0.1) is 0 Å². The van der Waals surface area contributed by atoms with Crippen molar-refractivity contribution in [3.8, 4) is 0 Å². The van der Waals surface area contributed by atoms with Gasteiger partial charge in [0, 0.05) is 68.1 Å². The van der Waals surface area contributed by atoms with Crippen LogP contribution in [0.4, 0.5) is 0 Å². The molecule has 3 heterocycles. The van der Waals surface area contributed by atoms with Gasteiger partial charge in [-0.1, -0.05) is 60.7 Å². The number of aromatic nitrogens is 1. The first kappa shape index (κ1) is 34.3. The monoisotopic (exact) mass is 679 g/mol. The van der Waals surface area contributed by atoms with Crippen molar-refractivity contribution in [1.29, 1.82) is 0 Å². The van der Waals surface area contributed by atoms with Crippen LogP contribution in [0.15, 0.2) is 85.1 Å². The standard InChI is InChI=1S/C37H41N7O6/c38-19-24-10-12-25(13-11-24)36(49)43-15-14-39-34(47)30(16-23-6-2-1-3-7-23)42-35(48)32-18-27(45)21-44(32)37(50)31(41-33(46)22-43)17-26-20-40-29-9-5-4-8-28(26)29/h1-13,20,27,30-32,40,45H,14-19,21-22,38H2,(H,39,47)(H,41,46)(H,42,48)/t27-,30+,31-,32+/m1/s1. The largest absolute Gasteiger partial charge is 0.391 e. The summed E-state index contributed by atoms with van der Waals surface area (Å²) in [7, 11) is 0. The first-order valence-corrected chi connectivity index (χ1v) is 16.7. The quantitative estimate of drug-likeness (QED) is 0.172. The molecule has 7 N–H and O–H groups in total. The van der Waals surface area contributed by atoms with Crippen molar-refractivity contribution < 1.29 is 29.1 Å². The lowest BCUT2D eigenvalue weighted by atomic mass is 10.0. The molecule has 2 fully saturated rings. The second kappa shape index (κ2) is 15.3. The Morgan fingerprint density at radius 2 is 1.58 bits per heavy atom. The van der Waals surface area contributed by atoms with E-state index in [1.165, 1.54) is 9.80 Å². The third kappa shape index (κ3) is 7.85. The smallest absolute Gasteiger partial charge is 0.254 e. The number of para-hydroxylation sites is 1. The van der Waals surface area contributed by atoms with Gasteiger partial charge in [-0.05, 0) is 34.9 Å². The molecule has 6 rings (SSSR count). The summed E-state index contributed by atoms with van der Waals surface area (Å²) in [5.74, 6) is -2.68. The SMILES string of the molecule is NCc1ccc(C(=O)N2CCNC(=O)[C@H](Cc3ccccc3)NC(=O)[C@@H]3C[C@@H](O)CN3C(=O)[C@@H](Cc3c[nH]c4ccccc34)NC(=O)C2)cc1. The van der Waals surface area contributed by atoms with Gasteiger partial charge in [-0.25, -0.2) is 0 Å². The molecule has 260 valence electrons. The molecule has 4 atom stereocenters. The molecule has 0 bridgehead atoms. The highest BCUT2D eigenvalue weighted by Crippen LogP contribution is 2.24. The number of hydrogen-bond donors (Lipinski definition) is 6.